The molecule has 0 bridgehead atoms. The maximum absolute atomic E-state index is 13.2. The van der Waals surface area contributed by atoms with Gasteiger partial charge in [-0.2, -0.15) is 0 Å². The summed E-state index contributed by atoms with van der Waals surface area (Å²) in [6.07, 6.45) is 4.88. The lowest BCUT2D eigenvalue weighted by molar-refractivity contribution is 0.567. The maximum atomic E-state index is 13.2. The van der Waals surface area contributed by atoms with Gasteiger partial charge in [0.15, 0.2) is 0 Å². The van der Waals surface area contributed by atoms with Gasteiger partial charge in [0.2, 0.25) is 0 Å². The van der Waals surface area contributed by atoms with Crippen molar-refractivity contribution in [3.63, 3.8) is 0 Å². The van der Waals surface area contributed by atoms with Crippen molar-refractivity contribution in [2.24, 2.45) is 5.73 Å². The molecule has 0 radical (unpaired) electrons. The molecule has 64 valence electrons. The van der Waals surface area contributed by atoms with Gasteiger partial charge in [0.25, 0.3) is 0 Å². The molecule has 0 spiro atoms. The normalized spacial score (nSPS) is 19.2. The van der Waals surface area contributed by atoms with Crippen LogP contribution in [0.2, 0.25) is 0 Å². The molecule has 1 aromatic rings. The number of hydrogen-bond donors (Lipinski definition) is 1. The van der Waals surface area contributed by atoms with E-state index in [4.69, 9.17) is 5.73 Å². The van der Waals surface area contributed by atoms with Crippen molar-refractivity contribution >= 4 is 0 Å². The van der Waals surface area contributed by atoms with Crippen LogP contribution in [-0.2, 0) is 5.41 Å². The van der Waals surface area contributed by atoms with Crippen LogP contribution in [0.25, 0.3) is 0 Å². The standard InChI is InChI=1S/C9H11FN2/c10-8-5-12-4-1-7(8)9(6-11)2-3-9/h1,4-5H,2-3,6,11H2. The van der Waals surface area contributed by atoms with E-state index in [1.807, 2.05) is 0 Å². The van der Waals surface area contributed by atoms with Gasteiger partial charge < -0.3 is 5.73 Å². The quantitative estimate of drug-likeness (QED) is 0.717. The highest BCUT2D eigenvalue weighted by Crippen LogP contribution is 2.47. The van der Waals surface area contributed by atoms with Crippen molar-refractivity contribution in [2.75, 3.05) is 6.54 Å². The Labute approximate surface area is 70.6 Å². The molecular formula is C9H11FN2. The number of hydrogen-bond acceptors (Lipinski definition) is 2. The molecule has 0 amide bonds. The molecule has 1 aromatic heterocycles. The van der Waals surface area contributed by atoms with Gasteiger partial charge in [0.05, 0.1) is 6.20 Å². The summed E-state index contributed by atoms with van der Waals surface area (Å²) in [5.74, 6) is -0.222. The van der Waals surface area contributed by atoms with Crippen LogP contribution in [0.5, 0.6) is 0 Å². The third-order valence-corrected chi connectivity index (χ3v) is 2.59. The second kappa shape index (κ2) is 2.52. The average Bonchev–Trinajstić information content (AvgIpc) is 2.86. The summed E-state index contributed by atoms with van der Waals surface area (Å²) in [4.78, 5) is 3.70. The zero-order chi connectivity index (χ0) is 8.60. The Balaban J connectivity index is 2.40. The van der Waals surface area contributed by atoms with E-state index in [0.29, 0.717) is 6.54 Å². The highest BCUT2D eigenvalue weighted by molar-refractivity contribution is 5.31. The van der Waals surface area contributed by atoms with Gasteiger partial charge in [-0.05, 0) is 24.5 Å². The highest BCUT2D eigenvalue weighted by Gasteiger charge is 2.44. The van der Waals surface area contributed by atoms with Gasteiger partial charge in [-0.15, -0.1) is 0 Å². The van der Waals surface area contributed by atoms with E-state index in [0.717, 1.165) is 18.4 Å². The third-order valence-electron chi connectivity index (χ3n) is 2.59. The van der Waals surface area contributed by atoms with Crippen LogP contribution in [0, 0.1) is 5.82 Å². The van der Waals surface area contributed by atoms with Gasteiger partial charge in [0.1, 0.15) is 5.82 Å². The summed E-state index contributed by atoms with van der Waals surface area (Å²) in [5.41, 5.74) is 6.26. The molecule has 1 fully saturated rings. The Morgan fingerprint density at radius 1 is 1.58 bits per heavy atom. The summed E-state index contributed by atoms with van der Waals surface area (Å²) in [6, 6.07) is 1.73. The van der Waals surface area contributed by atoms with Crippen LogP contribution in [0.1, 0.15) is 18.4 Å². The van der Waals surface area contributed by atoms with Crippen LogP contribution in [0.4, 0.5) is 4.39 Å². The van der Waals surface area contributed by atoms with Crippen molar-refractivity contribution < 1.29 is 4.39 Å². The first-order valence-electron chi connectivity index (χ1n) is 4.08. The summed E-state index contributed by atoms with van der Waals surface area (Å²) in [7, 11) is 0. The monoisotopic (exact) mass is 166 g/mol. The van der Waals surface area contributed by atoms with Crippen molar-refractivity contribution in [3.8, 4) is 0 Å². The van der Waals surface area contributed by atoms with Gasteiger partial charge in [-0.1, -0.05) is 0 Å². The van der Waals surface area contributed by atoms with E-state index in [1.54, 1.807) is 12.3 Å². The van der Waals surface area contributed by atoms with Crippen molar-refractivity contribution in [1.29, 1.82) is 0 Å². The van der Waals surface area contributed by atoms with Gasteiger partial charge >= 0.3 is 0 Å². The van der Waals surface area contributed by atoms with Crippen LogP contribution >= 0.6 is 0 Å². The van der Waals surface area contributed by atoms with E-state index in [9.17, 15) is 4.39 Å². The minimum absolute atomic E-state index is 0.0625. The zero-order valence-electron chi connectivity index (χ0n) is 6.76. The fourth-order valence-corrected chi connectivity index (χ4v) is 1.54. The van der Waals surface area contributed by atoms with Crippen molar-refractivity contribution in [1.82, 2.24) is 4.98 Å². The molecule has 2 rings (SSSR count). The first-order valence-corrected chi connectivity index (χ1v) is 4.08. The van der Waals surface area contributed by atoms with Crippen molar-refractivity contribution in [2.45, 2.75) is 18.3 Å². The predicted molar refractivity (Wildman–Crippen MR) is 44.2 cm³/mol. The highest BCUT2D eigenvalue weighted by atomic mass is 19.1. The first-order chi connectivity index (χ1) is 5.78. The minimum atomic E-state index is -0.222. The molecule has 1 saturated carbocycles. The van der Waals surface area contributed by atoms with E-state index in [1.165, 1.54) is 6.20 Å². The second-order valence-corrected chi connectivity index (χ2v) is 3.34. The molecule has 12 heavy (non-hydrogen) atoms. The predicted octanol–water partition coefficient (Wildman–Crippen LogP) is 1.21. The molecule has 2 nitrogen and oxygen atoms in total. The van der Waals surface area contributed by atoms with E-state index in [2.05, 4.69) is 4.98 Å². The number of rotatable bonds is 2. The smallest absolute Gasteiger partial charge is 0.145 e. The lowest BCUT2D eigenvalue weighted by Crippen LogP contribution is -2.21. The molecule has 1 aliphatic rings. The third kappa shape index (κ3) is 1.01. The van der Waals surface area contributed by atoms with Gasteiger partial charge in [0, 0.05) is 18.2 Å². The lowest BCUT2D eigenvalue weighted by Gasteiger charge is -2.12. The molecule has 2 N–H and O–H groups in total. The molecule has 1 aliphatic carbocycles. The second-order valence-electron chi connectivity index (χ2n) is 3.34. The summed E-state index contributed by atoms with van der Waals surface area (Å²) >= 11 is 0. The van der Waals surface area contributed by atoms with Crippen LogP contribution < -0.4 is 5.73 Å². The molecule has 0 atom stereocenters. The molecular weight excluding hydrogens is 155 g/mol. The minimum Gasteiger partial charge on any atom is -0.330 e. The van der Waals surface area contributed by atoms with E-state index < -0.39 is 0 Å². The molecule has 0 saturated heterocycles. The lowest BCUT2D eigenvalue weighted by atomic mass is 9.97. The SMILES string of the molecule is NCC1(c2ccncc2F)CC1. The van der Waals surface area contributed by atoms with Crippen LogP contribution in [-0.4, -0.2) is 11.5 Å². The average molecular weight is 166 g/mol. The Kier molecular flexibility index (Phi) is 1.61. The van der Waals surface area contributed by atoms with E-state index in [-0.39, 0.29) is 11.2 Å². The number of aromatic nitrogens is 1. The Morgan fingerprint density at radius 2 is 2.33 bits per heavy atom. The molecule has 0 aliphatic heterocycles. The fourth-order valence-electron chi connectivity index (χ4n) is 1.54. The Hall–Kier alpha value is -0.960. The molecule has 1 heterocycles. The number of nitrogens with zero attached hydrogens (tertiary/aromatic N) is 1. The number of nitrogens with two attached hydrogens (primary N) is 1. The Morgan fingerprint density at radius 3 is 2.83 bits per heavy atom. The van der Waals surface area contributed by atoms with Gasteiger partial charge in [-0.3, -0.25) is 4.98 Å². The van der Waals surface area contributed by atoms with Gasteiger partial charge in [-0.25, -0.2) is 4.39 Å². The molecule has 3 heteroatoms. The number of halogens is 1. The maximum Gasteiger partial charge on any atom is 0.145 e. The van der Waals surface area contributed by atoms with Crippen molar-refractivity contribution in [3.05, 3.63) is 29.8 Å². The summed E-state index contributed by atoms with van der Waals surface area (Å²) in [6.45, 7) is 0.536. The molecule has 0 unspecified atom stereocenters. The fraction of sp³-hybridized carbons (Fsp3) is 0.444. The topological polar surface area (TPSA) is 38.9 Å². The number of pyridine rings is 1. The largest absolute Gasteiger partial charge is 0.330 e. The zero-order valence-corrected chi connectivity index (χ0v) is 6.76. The summed E-state index contributed by atoms with van der Waals surface area (Å²) in [5, 5.41) is 0. The van der Waals surface area contributed by atoms with Crippen LogP contribution in [0.3, 0.4) is 0 Å². The van der Waals surface area contributed by atoms with Crippen LogP contribution in [0.15, 0.2) is 18.5 Å². The van der Waals surface area contributed by atoms with E-state index >= 15 is 0 Å². The summed E-state index contributed by atoms with van der Waals surface area (Å²) < 4.78 is 13.2. The molecule has 0 aromatic carbocycles. The first kappa shape index (κ1) is 7.68. The Bertz CT molecular complexity index is 294.